The van der Waals surface area contributed by atoms with E-state index in [1.807, 2.05) is 36.4 Å². The fraction of sp³-hybridized carbons (Fsp3) is 0.0435. The summed E-state index contributed by atoms with van der Waals surface area (Å²) in [5.41, 5.74) is 1.78. The highest BCUT2D eigenvalue weighted by Gasteiger charge is 2.21. The van der Waals surface area contributed by atoms with Crippen molar-refractivity contribution in [2.45, 2.75) is 5.16 Å². The third-order valence-corrected chi connectivity index (χ3v) is 6.53. The van der Waals surface area contributed by atoms with E-state index in [0.29, 0.717) is 26.7 Å². The van der Waals surface area contributed by atoms with Crippen molar-refractivity contribution in [2.24, 2.45) is 0 Å². The minimum Gasteiger partial charge on any atom is -0.506 e. The number of aromatic nitrogens is 3. The lowest BCUT2D eigenvalue weighted by Crippen LogP contribution is -2.35. The van der Waals surface area contributed by atoms with Crippen LogP contribution in [-0.2, 0) is 4.79 Å². The Morgan fingerprint density at radius 1 is 0.971 bits per heavy atom. The average Bonchev–Trinajstić information content (AvgIpc) is 3.25. The van der Waals surface area contributed by atoms with Crippen molar-refractivity contribution < 1.29 is 14.7 Å². The molecule has 0 radical (unpaired) electrons. The molecule has 0 spiro atoms. The summed E-state index contributed by atoms with van der Waals surface area (Å²) in [5.74, 6) is -0.146. The number of amides is 3. The van der Waals surface area contributed by atoms with Crippen LogP contribution in [0.2, 0.25) is 0 Å². The third-order valence-electron chi connectivity index (χ3n) is 4.53. The molecule has 0 fully saturated rings. The third kappa shape index (κ3) is 5.66. The summed E-state index contributed by atoms with van der Waals surface area (Å²) in [6.07, 6.45) is 0. The summed E-state index contributed by atoms with van der Waals surface area (Å²) >= 11 is 7.90. The van der Waals surface area contributed by atoms with Crippen LogP contribution in [0, 0.1) is 0 Å². The van der Waals surface area contributed by atoms with Gasteiger partial charge in [-0.25, -0.2) is 4.79 Å². The molecule has 4 rings (SSSR count). The minimum atomic E-state index is -0.620. The number of aromatic hydroxyl groups is 1. The molecule has 0 saturated heterocycles. The number of imide groups is 1. The Morgan fingerprint density at radius 2 is 1.65 bits per heavy atom. The highest BCUT2D eigenvalue weighted by atomic mass is 79.9. The molecule has 1 aromatic heterocycles. The number of hydrogen-bond acceptors (Lipinski definition) is 6. The number of carbonyl (C=O) groups excluding carboxylic acids is 2. The van der Waals surface area contributed by atoms with Gasteiger partial charge in [-0.15, -0.1) is 10.2 Å². The Morgan fingerprint density at radius 3 is 2.35 bits per heavy atom. The second kappa shape index (κ2) is 10.9. The van der Waals surface area contributed by atoms with E-state index in [9.17, 15) is 14.7 Å². The normalized spacial score (nSPS) is 10.6. The number of halogens is 2. The van der Waals surface area contributed by atoms with Crippen LogP contribution in [0.3, 0.4) is 0 Å². The number of hydrogen-bond donors (Lipinski definition) is 3. The van der Waals surface area contributed by atoms with Gasteiger partial charge in [-0.1, -0.05) is 64.1 Å². The van der Waals surface area contributed by atoms with Crippen molar-refractivity contribution in [3.8, 4) is 22.8 Å². The Balaban J connectivity index is 1.56. The molecule has 3 N–H and O–H groups in total. The van der Waals surface area contributed by atoms with Crippen LogP contribution in [0.1, 0.15) is 0 Å². The highest BCUT2D eigenvalue weighted by Crippen LogP contribution is 2.39. The van der Waals surface area contributed by atoms with Crippen LogP contribution >= 0.6 is 43.6 Å². The standard InChI is InChI=1S/C23H17Br2N5O3S/c24-14-11-17(20(32)18(25)12-14)21-28-29-23(30(21)16-9-5-2-6-10-16)34-13-19(31)27-22(33)26-15-7-3-1-4-8-15/h1-12,32H,13H2,(H2,26,27,31,33). The van der Waals surface area contributed by atoms with Crippen molar-refractivity contribution >= 4 is 61.2 Å². The molecule has 3 amide bonds. The number of thioether (sulfide) groups is 1. The van der Waals surface area contributed by atoms with Gasteiger partial charge in [0.05, 0.1) is 15.8 Å². The van der Waals surface area contributed by atoms with E-state index in [2.05, 4.69) is 52.7 Å². The molecule has 0 unspecified atom stereocenters. The van der Waals surface area contributed by atoms with E-state index in [0.717, 1.165) is 21.9 Å². The minimum absolute atomic E-state index is 0.0136. The summed E-state index contributed by atoms with van der Waals surface area (Å²) < 4.78 is 2.99. The molecular formula is C23H17Br2N5O3S. The first-order valence-electron chi connectivity index (χ1n) is 9.90. The summed E-state index contributed by atoms with van der Waals surface area (Å²) in [6.45, 7) is 0. The first kappa shape index (κ1) is 24.0. The topological polar surface area (TPSA) is 109 Å². The van der Waals surface area contributed by atoms with Crippen molar-refractivity contribution in [2.75, 3.05) is 11.1 Å². The van der Waals surface area contributed by atoms with Crippen LogP contribution in [0.4, 0.5) is 10.5 Å². The van der Waals surface area contributed by atoms with Crippen molar-refractivity contribution in [1.29, 1.82) is 0 Å². The maximum Gasteiger partial charge on any atom is 0.325 e. The maximum atomic E-state index is 12.4. The number of benzene rings is 3. The van der Waals surface area contributed by atoms with Crippen molar-refractivity contribution in [1.82, 2.24) is 20.1 Å². The van der Waals surface area contributed by atoms with Gasteiger partial charge in [0.2, 0.25) is 5.91 Å². The zero-order valence-electron chi connectivity index (χ0n) is 17.4. The number of carbonyl (C=O) groups is 2. The SMILES string of the molecule is O=C(CSc1nnc(-c2cc(Br)cc(Br)c2O)n1-c1ccccc1)NC(=O)Nc1ccccc1. The monoisotopic (exact) mass is 601 g/mol. The predicted octanol–water partition coefficient (Wildman–Crippen LogP) is 5.61. The van der Waals surface area contributed by atoms with E-state index in [-0.39, 0.29) is 11.5 Å². The largest absolute Gasteiger partial charge is 0.506 e. The number of nitrogens with one attached hydrogen (secondary N) is 2. The number of phenols is 1. The number of phenolic OH excluding ortho intramolecular Hbond substituents is 1. The molecule has 1 heterocycles. The molecule has 0 saturated carbocycles. The number of urea groups is 1. The Kier molecular flexibility index (Phi) is 7.66. The first-order valence-corrected chi connectivity index (χ1v) is 12.5. The van der Waals surface area contributed by atoms with Crippen molar-refractivity contribution in [3.63, 3.8) is 0 Å². The van der Waals surface area contributed by atoms with E-state index in [1.165, 1.54) is 0 Å². The number of para-hydroxylation sites is 2. The molecule has 0 aliphatic heterocycles. The molecule has 34 heavy (non-hydrogen) atoms. The van der Waals surface area contributed by atoms with Gasteiger partial charge in [0.15, 0.2) is 11.0 Å². The van der Waals surface area contributed by atoms with Gasteiger partial charge < -0.3 is 10.4 Å². The fourth-order valence-electron chi connectivity index (χ4n) is 3.06. The second-order valence-corrected chi connectivity index (χ2v) is 9.63. The van der Waals surface area contributed by atoms with Crippen molar-refractivity contribution in [3.05, 3.63) is 81.7 Å². The molecule has 4 aromatic rings. The zero-order chi connectivity index (χ0) is 24.1. The van der Waals surface area contributed by atoms with Gasteiger partial charge in [0, 0.05) is 15.8 Å². The van der Waals surface area contributed by atoms with Gasteiger partial charge in [0.25, 0.3) is 0 Å². The molecule has 3 aromatic carbocycles. The number of nitrogens with zero attached hydrogens (tertiary/aromatic N) is 3. The molecule has 0 aliphatic rings. The first-order chi connectivity index (χ1) is 16.4. The zero-order valence-corrected chi connectivity index (χ0v) is 21.4. The summed E-state index contributed by atoms with van der Waals surface area (Å²) in [4.78, 5) is 24.5. The quantitative estimate of drug-likeness (QED) is 0.248. The van der Waals surface area contributed by atoms with E-state index < -0.39 is 11.9 Å². The molecule has 11 heteroatoms. The lowest BCUT2D eigenvalue weighted by molar-refractivity contribution is -0.117. The lowest BCUT2D eigenvalue weighted by atomic mass is 10.2. The van der Waals surface area contributed by atoms with Gasteiger partial charge in [0.1, 0.15) is 5.75 Å². The number of rotatable bonds is 6. The summed E-state index contributed by atoms with van der Waals surface area (Å²) in [7, 11) is 0. The van der Waals surface area contributed by atoms with E-state index in [1.54, 1.807) is 41.0 Å². The maximum absolute atomic E-state index is 12.4. The van der Waals surface area contributed by atoms with Crippen LogP contribution in [0.25, 0.3) is 17.1 Å². The summed E-state index contributed by atoms with van der Waals surface area (Å²) in [5, 5.41) is 24.5. The fourth-order valence-corrected chi connectivity index (χ4v) is 5.04. The van der Waals surface area contributed by atoms with Gasteiger partial charge in [-0.3, -0.25) is 14.7 Å². The van der Waals surface area contributed by atoms with Crippen LogP contribution in [0.5, 0.6) is 5.75 Å². The van der Waals surface area contributed by atoms with Crippen LogP contribution in [-0.4, -0.2) is 37.6 Å². The van der Waals surface area contributed by atoms with Gasteiger partial charge in [-0.2, -0.15) is 0 Å². The molecular weight excluding hydrogens is 586 g/mol. The Hall–Kier alpha value is -3.15. The molecule has 0 atom stereocenters. The number of anilines is 1. The Labute approximate surface area is 216 Å². The molecule has 8 nitrogen and oxygen atoms in total. The van der Waals surface area contributed by atoms with Crippen LogP contribution in [0.15, 0.2) is 86.9 Å². The van der Waals surface area contributed by atoms with Gasteiger partial charge in [-0.05, 0) is 52.3 Å². The van der Waals surface area contributed by atoms with Gasteiger partial charge >= 0.3 is 6.03 Å². The lowest BCUT2D eigenvalue weighted by Gasteiger charge is -2.12. The average molecular weight is 603 g/mol. The van der Waals surface area contributed by atoms with E-state index in [4.69, 9.17) is 0 Å². The van der Waals surface area contributed by atoms with E-state index >= 15 is 0 Å². The van der Waals surface area contributed by atoms with Crippen LogP contribution < -0.4 is 10.6 Å². The second-order valence-electron chi connectivity index (χ2n) is 6.92. The Bertz CT molecular complexity index is 1330. The smallest absolute Gasteiger partial charge is 0.325 e. The molecule has 172 valence electrons. The molecule has 0 aliphatic carbocycles. The predicted molar refractivity (Wildman–Crippen MR) is 138 cm³/mol. The molecule has 0 bridgehead atoms. The highest BCUT2D eigenvalue weighted by molar-refractivity contribution is 9.11. The summed E-state index contributed by atoms with van der Waals surface area (Å²) in [6, 6.07) is 21.0.